The van der Waals surface area contributed by atoms with Gasteiger partial charge >= 0.3 is 5.69 Å². The zero-order chi connectivity index (χ0) is 24.6. The zero-order valence-electron chi connectivity index (χ0n) is 18.6. The number of methoxy groups -OCH3 is 1. The molecule has 1 aliphatic carbocycles. The molecule has 3 N–H and O–H groups in total. The van der Waals surface area contributed by atoms with Crippen molar-refractivity contribution in [2.24, 2.45) is 0 Å². The Kier molecular flexibility index (Phi) is 6.00. The molecule has 0 spiro atoms. The first-order chi connectivity index (χ1) is 16.1. The molecule has 0 saturated heterocycles. The Labute approximate surface area is 193 Å². The minimum absolute atomic E-state index is 0.0000682. The van der Waals surface area contributed by atoms with E-state index in [1.54, 1.807) is 19.9 Å². The molecule has 2 aromatic carbocycles. The van der Waals surface area contributed by atoms with Crippen molar-refractivity contribution < 1.29 is 23.5 Å². The van der Waals surface area contributed by atoms with Gasteiger partial charge < -0.3 is 20.5 Å². The summed E-state index contributed by atoms with van der Waals surface area (Å²) in [4.78, 5) is 22.4. The number of hydrogen-bond acceptors (Lipinski definition) is 9. The summed E-state index contributed by atoms with van der Waals surface area (Å²) < 4.78 is 33.7. The largest absolute Gasteiger partial charge is 0.494 e. The molecule has 1 aromatic heterocycles. The van der Waals surface area contributed by atoms with E-state index in [2.05, 4.69) is 25.6 Å². The number of benzene rings is 2. The van der Waals surface area contributed by atoms with Crippen LogP contribution in [0.15, 0.2) is 30.6 Å². The molecule has 34 heavy (non-hydrogen) atoms. The quantitative estimate of drug-likeness (QED) is 0.316. The van der Waals surface area contributed by atoms with Crippen molar-refractivity contribution in [2.75, 3.05) is 17.7 Å². The highest BCUT2D eigenvalue weighted by atomic mass is 19.1. The third-order valence-corrected chi connectivity index (χ3v) is 5.34. The van der Waals surface area contributed by atoms with Gasteiger partial charge in [-0.15, -0.1) is 0 Å². The fourth-order valence-corrected chi connectivity index (χ4v) is 3.51. The number of halogens is 2. The summed E-state index contributed by atoms with van der Waals surface area (Å²) in [7, 11) is 1.28. The summed E-state index contributed by atoms with van der Waals surface area (Å²) in [5.41, 5.74) is -0.649. The van der Waals surface area contributed by atoms with E-state index in [0.717, 1.165) is 25.0 Å². The molecule has 1 saturated carbocycles. The molecular formula is C22H22F2N6O4. The molecule has 1 heterocycles. The highest BCUT2D eigenvalue weighted by molar-refractivity contribution is 5.68. The van der Waals surface area contributed by atoms with Crippen LogP contribution in [0, 0.1) is 21.7 Å². The molecule has 1 aliphatic rings. The van der Waals surface area contributed by atoms with Crippen LogP contribution in [0.3, 0.4) is 0 Å². The summed E-state index contributed by atoms with van der Waals surface area (Å²) in [5.74, 6) is -1.30. The summed E-state index contributed by atoms with van der Waals surface area (Å²) in [5, 5.41) is 27.4. The maximum absolute atomic E-state index is 14.7. The molecule has 3 aromatic rings. The Morgan fingerprint density at radius 3 is 2.29 bits per heavy atom. The molecule has 4 rings (SSSR count). The van der Waals surface area contributed by atoms with Crippen LogP contribution in [0.25, 0.3) is 0 Å². The van der Waals surface area contributed by atoms with Crippen LogP contribution in [0.4, 0.5) is 37.7 Å². The number of aliphatic hydroxyl groups is 1. The van der Waals surface area contributed by atoms with Crippen molar-refractivity contribution in [3.63, 3.8) is 0 Å². The lowest BCUT2D eigenvalue weighted by atomic mass is 9.93. The minimum Gasteiger partial charge on any atom is -0.494 e. The highest BCUT2D eigenvalue weighted by Crippen LogP contribution is 2.44. The van der Waals surface area contributed by atoms with E-state index in [4.69, 9.17) is 4.74 Å². The molecule has 0 bridgehead atoms. The van der Waals surface area contributed by atoms with E-state index >= 15 is 0 Å². The predicted molar refractivity (Wildman–Crippen MR) is 120 cm³/mol. The van der Waals surface area contributed by atoms with Crippen LogP contribution in [-0.2, 0) is 5.60 Å². The first-order valence-corrected chi connectivity index (χ1v) is 10.4. The van der Waals surface area contributed by atoms with Gasteiger partial charge in [0.1, 0.15) is 17.9 Å². The molecule has 12 heteroatoms. The Morgan fingerprint density at radius 2 is 1.74 bits per heavy atom. The zero-order valence-corrected chi connectivity index (χ0v) is 18.6. The number of rotatable bonds is 8. The monoisotopic (exact) mass is 472 g/mol. The number of anilines is 4. The van der Waals surface area contributed by atoms with Gasteiger partial charge in [0, 0.05) is 23.4 Å². The van der Waals surface area contributed by atoms with Gasteiger partial charge in [0.15, 0.2) is 0 Å². The molecule has 0 unspecified atom stereocenters. The predicted octanol–water partition coefficient (Wildman–Crippen LogP) is 4.66. The number of ether oxygens (including phenoxy) is 1. The second kappa shape index (κ2) is 8.78. The normalized spacial score (nSPS) is 13.5. The van der Waals surface area contributed by atoms with Crippen LogP contribution in [0.5, 0.6) is 5.75 Å². The SMILES string of the molecule is COc1cc(F)c([N+](=O)[O-])cc1Nc1ncnc(Nc2cc(F)c(C3CC3)cc2C(C)(C)O)n1. The molecule has 178 valence electrons. The van der Waals surface area contributed by atoms with Crippen LogP contribution < -0.4 is 15.4 Å². The summed E-state index contributed by atoms with van der Waals surface area (Å²) in [6.07, 6.45) is 2.98. The van der Waals surface area contributed by atoms with E-state index in [0.29, 0.717) is 11.1 Å². The lowest BCUT2D eigenvalue weighted by Gasteiger charge is -2.23. The number of nitro groups is 1. The van der Waals surface area contributed by atoms with Crippen LogP contribution in [0.1, 0.15) is 43.7 Å². The van der Waals surface area contributed by atoms with Crippen molar-refractivity contribution in [1.82, 2.24) is 15.0 Å². The number of nitrogens with zero attached hydrogens (tertiary/aromatic N) is 4. The molecule has 0 atom stereocenters. The molecule has 0 aliphatic heterocycles. The summed E-state index contributed by atoms with van der Waals surface area (Å²) >= 11 is 0. The maximum atomic E-state index is 14.7. The lowest BCUT2D eigenvalue weighted by molar-refractivity contribution is -0.387. The van der Waals surface area contributed by atoms with Gasteiger partial charge in [-0.05, 0) is 50.3 Å². The Hall–Kier alpha value is -3.93. The standard InChI is InChI=1S/C22H22F2N6O4/c1-22(2,31)13-6-12(11-4-5-11)14(23)7-16(13)27-20-25-10-26-21(29-20)28-17-9-18(30(32)33)15(24)8-19(17)34-3/h6-11,31H,4-5H2,1-3H3,(H2,25,26,27,28,29). The van der Waals surface area contributed by atoms with Crippen molar-refractivity contribution in [2.45, 2.75) is 38.2 Å². The fourth-order valence-electron chi connectivity index (χ4n) is 3.51. The van der Waals surface area contributed by atoms with Crippen LogP contribution in [0.2, 0.25) is 0 Å². The minimum atomic E-state index is -1.27. The van der Waals surface area contributed by atoms with Gasteiger partial charge in [-0.3, -0.25) is 10.1 Å². The van der Waals surface area contributed by atoms with Gasteiger partial charge in [-0.25, -0.2) is 14.4 Å². The average Bonchev–Trinajstić information content (AvgIpc) is 3.59. The van der Waals surface area contributed by atoms with Gasteiger partial charge in [0.05, 0.1) is 23.3 Å². The van der Waals surface area contributed by atoms with Gasteiger partial charge in [-0.1, -0.05) is 0 Å². The Bertz CT molecular complexity index is 1260. The van der Waals surface area contributed by atoms with Crippen molar-refractivity contribution >= 4 is 29.0 Å². The first kappa shape index (κ1) is 23.2. The fraction of sp³-hybridized carbons (Fsp3) is 0.318. The van der Waals surface area contributed by atoms with Crippen molar-refractivity contribution in [3.05, 3.63) is 63.5 Å². The van der Waals surface area contributed by atoms with E-state index in [9.17, 15) is 24.0 Å². The third-order valence-electron chi connectivity index (χ3n) is 5.34. The smallest absolute Gasteiger partial charge is 0.307 e. The van der Waals surface area contributed by atoms with Crippen molar-refractivity contribution in [3.8, 4) is 5.75 Å². The average molecular weight is 472 g/mol. The Balaban J connectivity index is 1.65. The van der Waals surface area contributed by atoms with Crippen molar-refractivity contribution in [1.29, 1.82) is 0 Å². The van der Waals surface area contributed by atoms with E-state index in [1.807, 2.05) is 0 Å². The molecule has 10 nitrogen and oxygen atoms in total. The molecule has 0 amide bonds. The second-order valence-electron chi connectivity index (χ2n) is 8.40. The third kappa shape index (κ3) is 4.86. The Morgan fingerprint density at radius 1 is 1.09 bits per heavy atom. The van der Waals surface area contributed by atoms with E-state index in [-0.39, 0.29) is 34.9 Å². The number of aromatic nitrogens is 3. The maximum Gasteiger partial charge on any atom is 0.307 e. The number of nitrogens with one attached hydrogen (secondary N) is 2. The molecular weight excluding hydrogens is 450 g/mol. The second-order valence-corrected chi connectivity index (χ2v) is 8.40. The lowest BCUT2D eigenvalue weighted by Crippen LogP contribution is -2.19. The topological polar surface area (TPSA) is 135 Å². The summed E-state index contributed by atoms with van der Waals surface area (Å²) in [6.45, 7) is 3.19. The van der Waals surface area contributed by atoms with E-state index < -0.39 is 27.8 Å². The number of hydrogen-bond donors (Lipinski definition) is 3. The van der Waals surface area contributed by atoms with Crippen LogP contribution in [-0.4, -0.2) is 32.1 Å². The molecule has 1 fully saturated rings. The molecule has 0 radical (unpaired) electrons. The number of nitro benzene ring substituents is 1. The van der Waals surface area contributed by atoms with Gasteiger partial charge in [-0.2, -0.15) is 9.37 Å². The van der Waals surface area contributed by atoms with Crippen LogP contribution >= 0.6 is 0 Å². The highest BCUT2D eigenvalue weighted by Gasteiger charge is 2.30. The van der Waals surface area contributed by atoms with Gasteiger partial charge in [0.2, 0.25) is 17.7 Å². The summed E-state index contributed by atoms with van der Waals surface area (Å²) in [6, 6.07) is 4.78. The first-order valence-electron chi connectivity index (χ1n) is 10.4. The van der Waals surface area contributed by atoms with Gasteiger partial charge in [0.25, 0.3) is 0 Å². The van der Waals surface area contributed by atoms with E-state index in [1.165, 1.54) is 19.5 Å².